The fourth-order valence-corrected chi connectivity index (χ4v) is 2.32. The lowest BCUT2D eigenvalue weighted by Gasteiger charge is -2.14. The molecular formula is C15H13ClN2S. The van der Waals surface area contributed by atoms with Crippen molar-refractivity contribution < 1.29 is 0 Å². The van der Waals surface area contributed by atoms with Crippen molar-refractivity contribution in [1.82, 2.24) is 0 Å². The van der Waals surface area contributed by atoms with E-state index < -0.39 is 6.04 Å². The van der Waals surface area contributed by atoms with Crippen LogP contribution in [0.2, 0.25) is 5.02 Å². The Hall–Kier alpha value is -1.63. The Morgan fingerprint density at radius 1 is 1.16 bits per heavy atom. The normalized spacial score (nSPS) is 11.6. The van der Waals surface area contributed by atoms with Crippen LogP contribution < -0.4 is 5.32 Å². The molecule has 19 heavy (non-hydrogen) atoms. The molecule has 4 heteroatoms. The molecule has 0 amide bonds. The van der Waals surface area contributed by atoms with Crippen LogP contribution in [0.15, 0.2) is 53.4 Å². The molecule has 0 saturated heterocycles. The van der Waals surface area contributed by atoms with Crippen LogP contribution in [0.5, 0.6) is 0 Å². The van der Waals surface area contributed by atoms with Crippen LogP contribution in [0.1, 0.15) is 11.6 Å². The molecule has 0 radical (unpaired) electrons. The third kappa shape index (κ3) is 3.44. The third-order valence-electron chi connectivity index (χ3n) is 2.75. The van der Waals surface area contributed by atoms with E-state index in [9.17, 15) is 5.26 Å². The minimum Gasteiger partial charge on any atom is -0.365 e. The summed E-state index contributed by atoms with van der Waals surface area (Å²) >= 11 is 7.76. The maximum atomic E-state index is 9.30. The summed E-state index contributed by atoms with van der Waals surface area (Å²) in [5.74, 6) is 0. The maximum absolute atomic E-state index is 9.30. The second-order valence-electron chi connectivity index (χ2n) is 3.96. The Morgan fingerprint density at radius 3 is 2.42 bits per heavy atom. The zero-order valence-electron chi connectivity index (χ0n) is 10.4. The predicted octanol–water partition coefficient (Wildman–Crippen LogP) is 4.74. The van der Waals surface area contributed by atoms with Crippen molar-refractivity contribution in [3.05, 3.63) is 59.1 Å². The first-order valence-electron chi connectivity index (χ1n) is 5.79. The van der Waals surface area contributed by atoms with Crippen LogP contribution in [0, 0.1) is 11.3 Å². The molecule has 2 aromatic rings. The fraction of sp³-hybridized carbons (Fsp3) is 0.133. The number of para-hydroxylation sites is 1. The quantitative estimate of drug-likeness (QED) is 0.826. The highest BCUT2D eigenvalue weighted by Crippen LogP contribution is 2.26. The molecule has 0 bridgehead atoms. The van der Waals surface area contributed by atoms with Crippen molar-refractivity contribution in [2.45, 2.75) is 10.9 Å². The SMILES string of the molecule is CSc1ccc(C(C#N)Nc2ccccc2Cl)cc1. The largest absolute Gasteiger partial charge is 0.365 e. The molecule has 1 unspecified atom stereocenters. The summed E-state index contributed by atoms with van der Waals surface area (Å²) in [6.45, 7) is 0. The van der Waals surface area contributed by atoms with Gasteiger partial charge in [-0.15, -0.1) is 11.8 Å². The highest BCUT2D eigenvalue weighted by Gasteiger charge is 2.11. The zero-order chi connectivity index (χ0) is 13.7. The molecule has 0 fully saturated rings. The summed E-state index contributed by atoms with van der Waals surface area (Å²) < 4.78 is 0. The van der Waals surface area contributed by atoms with Crippen molar-refractivity contribution in [3.8, 4) is 6.07 Å². The lowest BCUT2D eigenvalue weighted by Crippen LogP contribution is -2.08. The smallest absolute Gasteiger partial charge is 0.140 e. The van der Waals surface area contributed by atoms with Gasteiger partial charge in [-0.1, -0.05) is 35.9 Å². The van der Waals surface area contributed by atoms with Gasteiger partial charge in [-0.3, -0.25) is 0 Å². The van der Waals surface area contributed by atoms with E-state index in [1.54, 1.807) is 17.8 Å². The van der Waals surface area contributed by atoms with Crippen LogP contribution in [0.4, 0.5) is 5.69 Å². The van der Waals surface area contributed by atoms with Gasteiger partial charge < -0.3 is 5.32 Å². The topological polar surface area (TPSA) is 35.8 Å². The standard InChI is InChI=1S/C15H13ClN2S/c1-19-12-8-6-11(7-9-12)15(10-17)18-14-5-3-2-4-13(14)16/h2-9,15,18H,1H3. The van der Waals surface area contributed by atoms with Gasteiger partial charge in [0, 0.05) is 4.90 Å². The van der Waals surface area contributed by atoms with E-state index in [2.05, 4.69) is 11.4 Å². The minimum atomic E-state index is -0.407. The molecule has 1 N–H and O–H groups in total. The average Bonchev–Trinajstić information content (AvgIpc) is 2.47. The number of halogens is 1. The first-order chi connectivity index (χ1) is 9.24. The Labute approximate surface area is 122 Å². The molecule has 0 heterocycles. The molecule has 0 spiro atoms. The van der Waals surface area contributed by atoms with Gasteiger partial charge in [-0.25, -0.2) is 0 Å². The van der Waals surface area contributed by atoms with Crippen molar-refractivity contribution >= 4 is 29.1 Å². The second-order valence-corrected chi connectivity index (χ2v) is 5.25. The van der Waals surface area contributed by atoms with Crippen molar-refractivity contribution in [2.24, 2.45) is 0 Å². The maximum Gasteiger partial charge on any atom is 0.140 e. The molecule has 2 nitrogen and oxygen atoms in total. The van der Waals surface area contributed by atoms with Gasteiger partial charge in [0.25, 0.3) is 0 Å². The summed E-state index contributed by atoms with van der Waals surface area (Å²) in [5.41, 5.74) is 1.70. The van der Waals surface area contributed by atoms with Crippen LogP contribution in [-0.4, -0.2) is 6.26 Å². The number of nitrogens with zero attached hydrogens (tertiary/aromatic N) is 1. The van der Waals surface area contributed by atoms with Gasteiger partial charge in [0.05, 0.1) is 16.8 Å². The van der Waals surface area contributed by atoms with Gasteiger partial charge in [0.1, 0.15) is 6.04 Å². The average molecular weight is 289 g/mol. The number of nitriles is 1. The van der Waals surface area contributed by atoms with E-state index in [-0.39, 0.29) is 0 Å². The molecule has 2 aromatic carbocycles. The highest BCUT2D eigenvalue weighted by molar-refractivity contribution is 7.98. The molecule has 0 aliphatic rings. The fourth-order valence-electron chi connectivity index (χ4n) is 1.72. The number of hydrogen-bond donors (Lipinski definition) is 1. The van der Waals surface area contributed by atoms with Crippen LogP contribution >= 0.6 is 23.4 Å². The molecule has 0 aliphatic carbocycles. The molecule has 2 rings (SSSR count). The van der Waals surface area contributed by atoms with Crippen molar-refractivity contribution in [1.29, 1.82) is 5.26 Å². The number of benzene rings is 2. The van der Waals surface area contributed by atoms with Gasteiger partial charge >= 0.3 is 0 Å². The van der Waals surface area contributed by atoms with Crippen LogP contribution in [-0.2, 0) is 0 Å². The van der Waals surface area contributed by atoms with Crippen LogP contribution in [0.3, 0.4) is 0 Å². The number of rotatable bonds is 4. The molecule has 0 aliphatic heterocycles. The number of anilines is 1. The number of nitrogens with one attached hydrogen (secondary N) is 1. The lowest BCUT2D eigenvalue weighted by atomic mass is 10.1. The first kappa shape index (κ1) is 13.8. The first-order valence-corrected chi connectivity index (χ1v) is 7.39. The summed E-state index contributed by atoms with van der Waals surface area (Å²) in [4.78, 5) is 1.18. The second kappa shape index (κ2) is 6.51. The van der Waals surface area contributed by atoms with Crippen molar-refractivity contribution in [2.75, 3.05) is 11.6 Å². The van der Waals surface area contributed by atoms with Gasteiger partial charge in [-0.2, -0.15) is 5.26 Å². The summed E-state index contributed by atoms with van der Waals surface area (Å²) in [6, 6.07) is 17.2. The van der Waals surface area contributed by atoms with E-state index in [1.165, 1.54) is 4.90 Å². The van der Waals surface area contributed by atoms with Gasteiger partial charge in [-0.05, 0) is 36.1 Å². The molecule has 0 aromatic heterocycles. The Bertz CT molecular complexity index is 590. The van der Waals surface area contributed by atoms with E-state index in [1.807, 2.05) is 48.7 Å². The zero-order valence-corrected chi connectivity index (χ0v) is 12.0. The van der Waals surface area contributed by atoms with E-state index in [4.69, 9.17) is 11.6 Å². The molecule has 1 atom stereocenters. The minimum absolute atomic E-state index is 0.407. The lowest BCUT2D eigenvalue weighted by molar-refractivity contribution is 0.994. The van der Waals surface area contributed by atoms with E-state index in [0.717, 1.165) is 11.3 Å². The predicted molar refractivity (Wildman–Crippen MR) is 81.7 cm³/mol. The summed E-state index contributed by atoms with van der Waals surface area (Å²) in [7, 11) is 0. The number of thioether (sulfide) groups is 1. The monoisotopic (exact) mass is 288 g/mol. The van der Waals surface area contributed by atoms with Crippen LogP contribution in [0.25, 0.3) is 0 Å². The highest BCUT2D eigenvalue weighted by atomic mass is 35.5. The summed E-state index contributed by atoms with van der Waals surface area (Å²) in [5, 5.41) is 13.1. The Kier molecular flexibility index (Phi) is 4.73. The Balaban J connectivity index is 2.21. The molecular weight excluding hydrogens is 276 g/mol. The van der Waals surface area contributed by atoms with Crippen molar-refractivity contribution in [3.63, 3.8) is 0 Å². The molecule has 96 valence electrons. The summed E-state index contributed by atoms with van der Waals surface area (Å²) in [6.07, 6.45) is 2.03. The van der Waals surface area contributed by atoms with Gasteiger partial charge in [0.2, 0.25) is 0 Å². The molecule has 0 saturated carbocycles. The Morgan fingerprint density at radius 2 is 1.84 bits per heavy atom. The number of hydrogen-bond acceptors (Lipinski definition) is 3. The van der Waals surface area contributed by atoms with Gasteiger partial charge in [0.15, 0.2) is 0 Å². The van der Waals surface area contributed by atoms with E-state index in [0.29, 0.717) is 5.02 Å². The third-order valence-corrected chi connectivity index (χ3v) is 3.83. The van der Waals surface area contributed by atoms with E-state index >= 15 is 0 Å².